The highest BCUT2D eigenvalue weighted by atomic mass is 15.4. The number of hydrogen-bond acceptors (Lipinski definition) is 3. The van der Waals surface area contributed by atoms with Crippen molar-refractivity contribution >= 4 is 5.95 Å². The van der Waals surface area contributed by atoms with Gasteiger partial charge < -0.3 is 10.2 Å². The Morgan fingerprint density at radius 2 is 2.10 bits per heavy atom. The zero-order valence-electron chi connectivity index (χ0n) is 12.5. The first kappa shape index (κ1) is 12.9. The van der Waals surface area contributed by atoms with Gasteiger partial charge in [-0.25, -0.2) is 4.98 Å². The Morgan fingerprint density at radius 3 is 2.90 bits per heavy atom. The summed E-state index contributed by atoms with van der Waals surface area (Å²) in [7, 11) is 0. The molecule has 2 atom stereocenters. The van der Waals surface area contributed by atoms with Crippen LogP contribution in [0.15, 0.2) is 36.5 Å². The molecule has 0 aliphatic carbocycles. The Morgan fingerprint density at radius 1 is 1.24 bits per heavy atom. The molecule has 1 N–H and O–H groups in total. The van der Waals surface area contributed by atoms with Gasteiger partial charge in [-0.1, -0.05) is 25.1 Å². The van der Waals surface area contributed by atoms with E-state index in [-0.39, 0.29) is 0 Å². The molecule has 0 spiro atoms. The van der Waals surface area contributed by atoms with Crippen LogP contribution < -0.4 is 10.2 Å². The third-order valence-electron chi connectivity index (χ3n) is 4.84. The molecule has 2 aliphatic heterocycles. The summed E-state index contributed by atoms with van der Waals surface area (Å²) in [5.41, 5.74) is 2.37. The van der Waals surface area contributed by atoms with Crippen molar-refractivity contribution in [2.75, 3.05) is 24.5 Å². The minimum absolute atomic E-state index is 0.611. The maximum atomic E-state index is 4.91. The summed E-state index contributed by atoms with van der Waals surface area (Å²) in [6.07, 6.45) is 4.45. The smallest absolute Gasteiger partial charge is 0.210 e. The summed E-state index contributed by atoms with van der Waals surface area (Å²) in [5.74, 6) is 1.91. The standard InChI is InChI=1S/C17H22N4/c1-2-14-12-21(15-6-4-3-5-7-15)17(19-14)20-9-8-13-10-18-11-16(13)20/h3-7,12-13,16,18H,2,8-11H2,1H3/t13-,16+/m0/s1. The molecule has 2 aliphatic rings. The normalized spacial score (nSPS) is 24.5. The molecule has 110 valence electrons. The first-order valence-corrected chi connectivity index (χ1v) is 7.98. The van der Waals surface area contributed by atoms with Gasteiger partial charge in [0.25, 0.3) is 0 Å². The van der Waals surface area contributed by atoms with E-state index in [1.807, 2.05) is 0 Å². The molecule has 2 aromatic rings. The lowest BCUT2D eigenvalue weighted by Crippen LogP contribution is -2.35. The fourth-order valence-corrected chi connectivity index (χ4v) is 3.67. The molecule has 0 bridgehead atoms. The Bertz CT molecular complexity index is 619. The van der Waals surface area contributed by atoms with E-state index < -0.39 is 0 Å². The molecule has 0 radical (unpaired) electrons. The number of anilines is 1. The van der Waals surface area contributed by atoms with E-state index >= 15 is 0 Å². The third-order valence-corrected chi connectivity index (χ3v) is 4.84. The molecule has 1 aromatic carbocycles. The average molecular weight is 282 g/mol. The largest absolute Gasteiger partial charge is 0.337 e. The van der Waals surface area contributed by atoms with Gasteiger partial charge in [0.1, 0.15) is 0 Å². The van der Waals surface area contributed by atoms with Crippen molar-refractivity contribution < 1.29 is 0 Å². The van der Waals surface area contributed by atoms with Gasteiger partial charge in [0.2, 0.25) is 5.95 Å². The second-order valence-corrected chi connectivity index (χ2v) is 6.06. The zero-order chi connectivity index (χ0) is 14.2. The minimum Gasteiger partial charge on any atom is -0.337 e. The van der Waals surface area contributed by atoms with Crippen molar-refractivity contribution in [1.82, 2.24) is 14.9 Å². The van der Waals surface area contributed by atoms with Crippen LogP contribution in [0.4, 0.5) is 5.95 Å². The van der Waals surface area contributed by atoms with Gasteiger partial charge in [0, 0.05) is 37.6 Å². The predicted octanol–water partition coefficient (Wildman–Crippen LogP) is 2.23. The molecule has 21 heavy (non-hydrogen) atoms. The van der Waals surface area contributed by atoms with Crippen molar-refractivity contribution in [3.05, 3.63) is 42.2 Å². The number of benzene rings is 1. The van der Waals surface area contributed by atoms with Gasteiger partial charge >= 0.3 is 0 Å². The minimum atomic E-state index is 0.611. The maximum Gasteiger partial charge on any atom is 0.210 e. The van der Waals surface area contributed by atoms with Crippen LogP contribution in [-0.4, -0.2) is 35.2 Å². The number of aryl methyl sites for hydroxylation is 1. The van der Waals surface area contributed by atoms with Crippen molar-refractivity contribution in [2.24, 2.45) is 5.92 Å². The SMILES string of the molecule is CCc1cn(-c2ccccc2)c(N2CC[C@H]3CNC[C@H]32)n1. The highest BCUT2D eigenvalue weighted by molar-refractivity contribution is 5.47. The van der Waals surface area contributed by atoms with Crippen LogP contribution in [0.25, 0.3) is 5.69 Å². The number of aromatic nitrogens is 2. The number of rotatable bonds is 3. The van der Waals surface area contributed by atoms with Crippen molar-refractivity contribution in [2.45, 2.75) is 25.8 Å². The van der Waals surface area contributed by atoms with Crippen LogP contribution in [0.5, 0.6) is 0 Å². The van der Waals surface area contributed by atoms with Gasteiger partial charge in [-0.15, -0.1) is 0 Å². The highest BCUT2D eigenvalue weighted by Gasteiger charge is 2.39. The van der Waals surface area contributed by atoms with E-state index in [1.54, 1.807) is 0 Å². The third kappa shape index (κ3) is 2.14. The summed E-state index contributed by atoms with van der Waals surface area (Å²) in [6, 6.07) is 11.2. The summed E-state index contributed by atoms with van der Waals surface area (Å²) in [4.78, 5) is 7.42. The quantitative estimate of drug-likeness (QED) is 0.937. The summed E-state index contributed by atoms with van der Waals surface area (Å²) < 4.78 is 2.26. The molecule has 1 aromatic heterocycles. The van der Waals surface area contributed by atoms with E-state index in [2.05, 4.69) is 58.2 Å². The maximum absolute atomic E-state index is 4.91. The van der Waals surface area contributed by atoms with Gasteiger partial charge in [0.05, 0.1) is 5.69 Å². The fourth-order valence-electron chi connectivity index (χ4n) is 3.67. The second kappa shape index (κ2) is 5.19. The predicted molar refractivity (Wildman–Crippen MR) is 85.1 cm³/mol. The van der Waals surface area contributed by atoms with Crippen LogP contribution in [0, 0.1) is 5.92 Å². The number of nitrogens with zero attached hydrogens (tertiary/aromatic N) is 3. The fraction of sp³-hybridized carbons (Fsp3) is 0.471. The highest BCUT2D eigenvalue weighted by Crippen LogP contribution is 2.32. The van der Waals surface area contributed by atoms with Gasteiger partial charge in [-0.3, -0.25) is 4.57 Å². The summed E-state index contributed by atoms with van der Waals surface area (Å²) >= 11 is 0. The summed E-state index contributed by atoms with van der Waals surface area (Å²) in [5, 5.41) is 3.53. The van der Waals surface area contributed by atoms with E-state index in [4.69, 9.17) is 4.98 Å². The van der Waals surface area contributed by atoms with Crippen LogP contribution >= 0.6 is 0 Å². The number of nitrogens with one attached hydrogen (secondary N) is 1. The van der Waals surface area contributed by atoms with Crippen LogP contribution in [0.1, 0.15) is 19.0 Å². The van der Waals surface area contributed by atoms with Crippen LogP contribution in [-0.2, 0) is 6.42 Å². The van der Waals surface area contributed by atoms with E-state index in [1.165, 1.54) is 17.8 Å². The lowest BCUT2D eigenvalue weighted by molar-refractivity contribution is 0.575. The van der Waals surface area contributed by atoms with Gasteiger partial charge in [-0.2, -0.15) is 0 Å². The number of hydrogen-bond donors (Lipinski definition) is 1. The van der Waals surface area contributed by atoms with Crippen molar-refractivity contribution in [3.8, 4) is 5.69 Å². The molecule has 0 amide bonds. The number of imidazole rings is 1. The molecular formula is C17H22N4. The monoisotopic (exact) mass is 282 g/mol. The molecular weight excluding hydrogens is 260 g/mol. The molecule has 2 fully saturated rings. The molecule has 4 heteroatoms. The Hall–Kier alpha value is -1.81. The van der Waals surface area contributed by atoms with Crippen molar-refractivity contribution in [1.29, 1.82) is 0 Å². The first-order chi connectivity index (χ1) is 10.4. The van der Waals surface area contributed by atoms with Crippen molar-refractivity contribution in [3.63, 3.8) is 0 Å². The molecule has 2 saturated heterocycles. The molecule has 4 rings (SSSR count). The van der Waals surface area contributed by atoms with E-state index in [9.17, 15) is 0 Å². The Labute approximate surface area is 125 Å². The zero-order valence-corrected chi connectivity index (χ0v) is 12.5. The first-order valence-electron chi connectivity index (χ1n) is 7.98. The molecule has 3 heterocycles. The van der Waals surface area contributed by atoms with Gasteiger partial charge in [0.15, 0.2) is 0 Å². The molecule has 0 unspecified atom stereocenters. The molecule has 0 saturated carbocycles. The lowest BCUT2D eigenvalue weighted by Gasteiger charge is -2.25. The lowest BCUT2D eigenvalue weighted by atomic mass is 10.1. The van der Waals surface area contributed by atoms with E-state index in [0.717, 1.165) is 37.9 Å². The summed E-state index contributed by atoms with van der Waals surface area (Å²) in [6.45, 7) is 5.55. The van der Waals surface area contributed by atoms with Gasteiger partial charge in [-0.05, 0) is 30.9 Å². The van der Waals surface area contributed by atoms with E-state index in [0.29, 0.717) is 6.04 Å². The average Bonchev–Trinajstić information content (AvgIpc) is 3.22. The Kier molecular flexibility index (Phi) is 3.19. The number of fused-ring (bicyclic) bond motifs is 1. The Balaban J connectivity index is 1.76. The molecule has 4 nitrogen and oxygen atoms in total. The van der Waals surface area contributed by atoms with Crippen LogP contribution in [0.2, 0.25) is 0 Å². The van der Waals surface area contributed by atoms with Crippen LogP contribution in [0.3, 0.4) is 0 Å². The topological polar surface area (TPSA) is 33.1 Å². The second-order valence-electron chi connectivity index (χ2n) is 6.06. The number of para-hydroxylation sites is 1.